The number of aryl methyl sites for hydroxylation is 1. The second kappa shape index (κ2) is 7.99. The lowest BCUT2D eigenvalue weighted by atomic mass is 10.1. The number of fused-ring (bicyclic) bond motifs is 1. The number of hydrogen-bond donors (Lipinski definition) is 1. The first-order valence-electron chi connectivity index (χ1n) is 9.04. The predicted molar refractivity (Wildman–Crippen MR) is 107 cm³/mol. The average Bonchev–Trinajstić information content (AvgIpc) is 3.40. The van der Waals surface area contributed by atoms with Crippen LogP contribution in [-0.2, 0) is 6.54 Å². The summed E-state index contributed by atoms with van der Waals surface area (Å²) in [4.78, 5) is 13.1. The van der Waals surface area contributed by atoms with Crippen LogP contribution in [0.2, 0.25) is 0 Å². The van der Waals surface area contributed by atoms with Gasteiger partial charge >= 0.3 is 0 Å². The van der Waals surface area contributed by atoms with Crippen molar-refractivity contribution in [2.45, 2.75) is 13.0 Å². The van der Waals surface area contributed by atoms with E-state index in [2.05, 4.69) is 24.8 Å². The van der Waals surface area contributed by atoms with E-state index in [1.807, 2.05) is 47.5 Å². The van der Waals surface area contributed by atoms with Gasteiger partial charge in [-0.05, 0) is 24.6 Å². The minimum atomic E-state index is 0.682. The molecule has 144 valence electrons. The molecule has 0 amide bonds. The van der Waals surface area contributed by atoms with Gasteiger partial charge in [0.1, 0.15) is 0 Å². The molecule has 0 unspecified atom stereocenters. The summed E-state index contributed by atoms with van der Waals surface area (Å²) in [7, 11) is 3.26. The average molecular weight is 378 g/mol. The molecule has 8 heteroatoms. The number of nitrogens with one attached hydrogen (secondary N) is 1. The molecule has 0 atom stereocenters. The second-order valence-electron chi connectivity index (χ2n) is 6.26. The summed E-state index contributed by atoms with van der Waals surface area (Å²) in [6.45, 7) is 1.70. The number of benzene rings is 1. The first-order valence-corrected chi connectivity index (χ1v) is 9.04. The van der Waals surface area contributed by atoms with Crippen molar-refractivity contribution in [1.29, 1.82) is 0 Å². The van der Waals surface area contributed by atoms with Gasteiger partial charge in [-0.1, -0.05) is 0 Å². The number of methoxy groups -OCH3 is 2. The lowest BCUT2D eigenvalue weighted by Crippen LogP contribution is -2.08. The van der Waals surface area contributed by atoms with Crippen LogP contribution in [0, 0.1) is 0 Å². The number of aromatic nitrogens is 5. The fourth-order valence-electron chi connectivity index (χ4n) is 3.14. The van der Waals surface area contributed by atoms with Gasteiger partial charge in [-0.25, -0.2) is 15.0 Å². The molecule has 4 aromatic rings. The molecule has 1 N–H and O–H groups in total. The summed E-state index contributed by atoms with van der Waals surface area (Å²) in [5.41, 5.74) is 2.73. The largest absolute Gasteiger partial charge is 0.493 e. The molecular weight excluding hydrogens is 356 g/mol. The highest BCUT2D eigenvalue weighted by atomic mass is 16.5. The SMILES string of the molecule is COc1ccc(-c2cnc3c(NCCCn4ccnc4)nccn23)cc1OC. The zero-order valence-electron chi connectivity index (χ0n) is 15.9. The molecule has 0 aliphatic heterocycles. The van der Waals surface area contributed by atoms with Gasteiger partial charge in [-0.2, -0.15) is 0 Å². The van der Waals surface area contributed by atoms with Gasteiger partial charge < -0.3 is 19.4 Å². The Morgan fingerprint density at radius 3 is 2.71 bits per heavy atom. The Hall–Kier alpha value is -3.55. The Morgan fingerprint density at radius 1 is 1.04 bits per heavy atom. The number of rotatable bonds is 8. The van der Waals surface area contributed by atoms with E-state index in [9.17, 15) is 0 Å². The summed E-state index contributed by atoms with van der Waals surface area (Å²) in [6.07, 6.45) is 12.1. The van der Waals surface area contributed by atoms with E-state index in [1.165, 1.54) is 0 Å². The summed E-state index contributed by atoms with van der Waals surface area (Å²) >= 11 is 0. The first-order chi connectivity index (χ1) is 13.8. The quantitative estimate of drug-likeness (QED) is 0.475. The van der Waals surface area contributed by atoms with E-state index < -0.39 is 0 Å². The van der Waals surface area contributed by atoms with Gasteiger partial charge in [0.15, 0.2) is 23.0 Å². The summed E-state index contributed by atoms with van der Waals surface area (Å²) in [6, 6.07) is 5.83. The fourth-order valence-corrected chi connectivity index (χ4v) is 3.14. The van der Waals surface area contributed by atoms with Crippen LogP contribution in [-0.4, -0.2) is 44.7 Å². The van der Waals surface area contributed by atoms with Gasteiger partial charge in [0, 0.05) is 43.4 Å². The minimum absolute atomic E-state index is 0.682. The summed E-state index contributed by atoms with van der Waals surface area (Å²) < 4.78 is 14.8. The van der Waals surface area contributed by atoms with Crippen molar-refractivity contribution in [2.24, 2.45) is 0 Å². The van der Waals surface area contributed by atoms with Crippen LogP contribution < -0.4 is 14.8 Å². The molecule has 0 aliphatic carbocycles. The lowest BCUT2D eigenvalue weighted by Gasteiger charge is -2.10. The van der Waals surface area contributed by atoms with Crippen molar-refractivity contribution in [3.05, 3.63) is 55.5 Å². The minimum Gasteiger partial charge on any atom is -0.493 e. The van der Waals surface area contributed by atoms with Crippen molar-refractivity contribution in [3.63, 3.8) is 0 Å². The molecule has 0 bridgehead atoms. The molecule has 0 aliphatic rings. The van der Waals surface area contributed by atoms with Gasteiger partial charge in [0.2, 0.25) is 0 Å². The Bertz CT molecular complexity index is 1060. The highest BCUT2D eigenvalue weighted by Gasteiger charge is 2.12. The highest BCUT2D eigenvalue weighted by molar-refractivity contribution is 5.72. The topological polar surface area (TPSA) is 78.5 Å². The fraction of sp³-hybridized carbons (Fsp3) is 0.250. The van der Waals surface area contributed by atoms with Crippen LogP contribution in [0.4, 0.5) is 5.82 Å². The van der Waals surface area contributed by atoms with E-state index in [0.717, 1.165) is 42.2 Å². The van der Waals surface area contributed by atoms with Crippen molar-refractivity contribution < 1.29 is 9.47 Å². The predicted octanol–water partition coefficient (Wildman–Crippen LogP) is 3.11. The molecule has 3 heterocycles. The maximum Gasteiger partial charge on any atom is 0.180 e. The maximum absolute atomic E-state index is 5.42. The van der Waals surface area contributed by atoms with Crippen LogP contribution in [0.25, 0.3) is 16.9 Å². The van der Waals surface area contributed by atoms with Crippen molar-refractivity contribution in [3.8, 4) is 22.8 Å². The third-order valence-corrected chi connectivity index (χ3v) is 4.55. The van der Waals surface area contributed by atoms with E-state index in [-0.39, 0.29) is 0 Å². The van der Waals surface area contributed by atoms with Crippen LogP contribution >= 0.6 is 0 Å². The molecule has 28 heavy (non-hydrogen) atoms. The van der Waals surface area contributed by atoms with Gasteiger partial charge in [0.05, 0.1) is 32.4 Å². The van der Waals surface area contributed by atoms with E-state index >= 15 is 0 Å². The molecule has 0 saturated heterocycles. The zero-order valence-corrected chi connectivity index (χ0v) is 15.9. The molecule has 0 saturated carbocycles. The Morgan fingerprint density at radius 2 is 1.93 bits per heavy atom. The highest BCUT2D eigenvalue weighted by Crippen LogP contribution is 2.33. The Labute approximate surface area is 162 Å². The molecule has 3 aromatic heterocycles. The van der Waals surface area contributed by atoms with Gasteiger partial charge in [-0.15, -0.1) is 0 Å². The molecule has 4 rings (SSSR count). The van der Waals surface area contributed by atoms with E-state index in [1.54, 1.807) is 26.6 Å². The van der Waals surface area contributed by atoms with Crippen molar-refractivity contribution in [2.75, 3.05) is 26.1 Å². The van der Waals surface area contributed by atoms with Crippen LogP contribution in [0.5, 0.6) is 11.5 Å². The monoisotopic (exact) mass is 378 g/mol. The Balaban J connectivity index is 1.55. The zero-order chi connectivity index (χ0) is 19.3. The summed E-state index contributed by atoms with van der Waals surface area (Å²) in [5, 5.41) is 3.38. The van der Waals surface area contributed by atoms with E-state index in [0.29, 0.717) is 11.5 Å². The smallest absolute Gasteiger partial charge is 0.180 e. The van der Waals surface area contributed by atoms with Crippen LogP contribution in [0.3, 0.4) is 0 Å². The standard InChI is InChI=1S/C20H22N6O2/c1-27-17-5-4-15(12-18(17)28-2)16-13-24-20-19(23-8-11-26(16)20)22-6-3-9-25-10-7-21-14-25/h4-5,7-8,10-14H,3,6,9H2,1-2H3,(H,22,23). The second-order valence-corrected chi connectivity index (χ2v) is 6.26. The normalized spacial score (nSPS) is 10.9. The van der Waals surface area contributed by atoms with Crippen molar-refractivity contribution >= 4 is 11.5 Å². The van der Waals surface area contributed by atoms with Crippen LogP contribution in [0.15, 0.2) is 55.5 Å². The third kappa shape index (κ3) is 3.48. The number of ether oxygens (including phenoxy) is 2. The molecule has 0 fully saturated rings. The van der Waals surface area contributed by atoms with Gasteiger partial charge in [-0.3, -0.25) is 4.40 Å². The lowest BCUT2D eigenvalue weighted by molar-refractivity contribution is 0.355. The molecule has 1 aromatic carbocycles. The number of nitrogens with zero attached hydrogens (tertiary/aromatic N) is 5. The molecule has 0 spiro atoms. The molecule has 8 nitrogen and oxygen atoms in total. The molecular formula is C20H22N6O2. The van der Waals surface area contributed by atoms with Gasteiger partial charge in [0.25, 0.3) is 0 Å². The number of hydrogen-bond acceptors (Lipinski definition) is 6. The molecule has 0 radical (unpaired) electrons. The third-order valence-electron chi connectivity index (χ3n) is 4.55. The number of anilines is 1. The first kappa shape index (κ1) is 17.8. The van der Waals surface area contributed by atoms with Crippen molar-refractivity contribution in [1.82, 2.24) is 23.9 Å². The number of imidazole rings is 2. The maximum atomic E-state index is 5.42. The van der Waals surface area contributed by atoms with E-state index in [4.69, 9.17) is 9.47 Å². The van der Waals surface area contributed by atoms with Crippen LogP contribution in [0.1, 0.15) is 6.42 Å². The summed E-state index contributed by atoms with van der Waals surface area (Å²) in [5.74, 6) is 2.14. The Kier molecular flexibility index (Phi) is 5.09.